The summed E-state index contributed by atoms with van der Waals surface area (Å²) in [6.07, 6.45) is 6.98. The lowest BCUT2D eigenvalue weighted by Gasteiger charge is -2.07. The van der Waals surface area contributed by atoms with Gasteiger partial charge in [-0.1, -0.05) is 6.07 Å². The number of aryl methyl sites for hydroxylation is 5. The average molecular weight is 343 g/mol. The molecule has 0 aliphatic heterocycles. The van der Waals surface area contributed by atoms with E-state index in [-0.39, 0.29) is 0 Å². The molecule has 1 aliphatic carbocycles. The Labute approximate surface area is 148 Å². The number of nitrogens with one attached hydrogen (secondary N) is 1. The minimum atomic E-state index is 0.485. The molecule has 0 bridgehead atoms. The third-order valence-electron chi connectivity index (χ3n) is 4.21. The van der Waals surface area contributed by atoms with E-state index >= 15 is 0 Å². The summed E-state index contributed by atoms with van der Waals surface area (Å²) in [6.45, 7) is 4.89. The van der Waals surface area contributed by atoms with Crippen LogP contribution >= 0.6 is 11.3 Å². The van der Waals surface area contributed by atoms with Crippen LogP contribution in [0.2, 0.25) is 0 Å². The maximum absolute atomic E-state index is 5.99. The predicted octanol–water partition coefficient (Wildman–Crippen LogP) is 4.00. The number of thiazole rings is 1. The average Bonchev–Trinajstić information content (AvgIpc) is 2.93. The van der Waals surface area contributed by atoms with Gasteiger partial charge >= 0.3 is 0 Å². The highest BCUT2D eigenvalue weighted by atomic mass is 32.1. The fraction of sp³-hybridized carbons (Fsp3) is 0.474. The van der Waals surface area contributed by atoms with Gasteiger partial charge < -0.3 is 11.1 Å². The summed E-state index contributed by atoms with van der Waals surface area (Å²) < 4.78 is 0. The van der Waals surface area contributed by atoms with E-state index in [1.54, 1.807) is 0 Å². The molecular formula is C19H26N4S. The SMILES string of the molecule is Cc1cc(C)cc(NC(N)=NCCCc2nc3c(s2)CCCC3)c1. The lowest BCUT2D eigenvalue weighted by Crippen LogP contribution is -2.23. The first kappa shape index (κ1) is 17.0. The summed E-state index contributed by atoms with van der Waals surface area (Å²) in [5.41, 5.74) is 10.8. The van der Waals surface area contributed by atoms with Crippen molar-refractivity contribution in [3.63, 3.8) is 0 Å². The Balaban J connectivity index is 1.48. The topological polar surface area (TPSA) is 63.3 Å². The number of fused-ring (bicyclic) bond motifs is 1. The molecule has 1 aromatic carbocycles. The normalized spacial score (nSPS) is 14.5. The molecule has 128 valence electrons. The Bertz CT molecular complexity index is 689. The first-order chi connectivity index (χ1) is 11.6. The van der Waals surface area contributed by atoms with Gasteiger partial charge in [-0.25, -0.2) is 4.98 Å². The van der Waals surface area contributed by atoms with Gasteiger partial charge in [0, 0.05) is 23.5 Å². The molecule has 3 N–H and O–H groups in total. The molecule has 24 heavy (non-hydrogen) atoms. The van der Waals surface area contributed by atoms with Crippen molar-refractivity contribution in [1.29, 1.82) is 0 Å². The van der Waals surface area contributed by atoms with Gasteiger partial charge in [-0.2, -0.15) is 0 Å². The third-order valence-corrected chi connectivity index (χ3v) is 5.43. The number of nitrogens with two attached hydrogens (primary N) is 1. The second-order valence-electron chi connectivity index (χ2n) is 6.56. The van der Waals surface area contributed by atoms with Crippen LogP contribution < -0.4 is 11.1 Å². The zero-order valence-corrected chi connectivity index (χ0v) is 15.4. The lowest BCUT2D eigenvalue weighted by atomic mass is 10.0. The number of hydrogen-bond acceptors (Lipinski definition) is 3. The van der Waals surface area contributed by atoms with E-state index in [0.717, 1.165) is 31.5 Å². The molecule has 1 aliphatic rings. The summed E-state index contributed by atoms with van der Waals surface area (Å²) >= 11 is 1.89. The summed E-state index contributed by atoms with van der Waals surface area (Å²) in [5, 5.41) is 4.44. The van der Waals surface area contributed by atoms with E-state index in [4.69, 9.17) is 10.7 Å². The van der Waals surface area contributed by atoms with Gasteiger partial charge in [0.15, 0.2) is 5.96 Å². The van der Waals surface area contributed by atoms with Crippen molar-refractivity contribution >= 4 is 23.0 Å². The number of aromatic nitrogens is 1. The van der Waals surface area contributed by atoms with Crippen LogP contribution in [-0.4, -0.2) is 17.5 Å². The number of rotatable bonds is 5. The van der Waals surface area contributed by atoms with Gasteiger partial charge in [0.25, 0.3) is 0 Å². The molecule has 0 radical (unpaired) electrons. The number of anilines is 1. The molecule has 0 saturated heterocycles. The van der Waals surface area contributed by atoms with Crippen LogP contribution in [0, 0.1) is 13.8 Å². The van der Waals surface area contributed by atoms with Crippen molar-refractivity contribution in [2.75, 3.05) is 11.9 Å². The molecule has 1 heterocycles. The molecule has 2 aromatic rings. The second kappa shape index (κ2) is 7.79. The van der Waals surface area contributed by atoms with Crippen LogP contribution in [0.15, 0.2) is 23.2 Å². The predicted molar refractivity (Wildman–Crippen MR) is 103 cm³/mol. The number of hydrogen-bond donors (Lipinski definition) is 2. The summed E-state index contributed by atoms with van der Waals surface area (Å²) in [5.74, 6) is 0.485. The largest absolute Gasteiger partial charge is 0.370 e. The van der Waals surface area contributed by atoms with Gasteiger partial charge in [-0.15, -0.1) is 11.3 Å². The summed E-state index contributed by atoms with van der Waals surface area (Å²) in [6, 6.07) is 6.30. The molecule has 3 rings (SSSR count). The van der Waals surface area contributed by atoms with E-state index in [1.807, 2.05) is 11.3 Å². The summed E-state index contributed by atoms with van der Waals surface area (Å²) in [4.78, 5) is 10.7. The minimum absolute atomic E-state index is 0.485. The molecule has 1 aromatic heterocycles. The highest BCUT2D eigenvalue weighted by Gasteiger charge is 2.14. The molecule has 4 nitrogen and oxygen atoms in total. The van der Waals surface area contributed by atoms with Crippen molar-refractivity contribution in [3.8, 4) is 0 Å². The molecule has 0 fully saturated rings. The molecule has 0 atom stereocenters. The Morgan fingerprint density at radius 2 is 1.96 bits per heavy atom. The van der Waals surface area contributed by atoms with Gasteiger partial charge in [-0.05, 0) is 69.2 Å². The maximum atomic E-state index is 5.99. The quantitative estimate of drug-likeness (QED) is 0.490. The molecular weight excluding hydrogens is 316 g/mol. The Kier molecular flexibility index (Phi) is 5.51. The van der Waals surface area contributed by atoms with E-state index < -0.39 is 0 Å². The van der Waals surface area contributed by atoms with Crippen LogP contribution in [0.4, 0.5) is 5.69 Å². The Morgan fingerprint density at radius 3 is 2.71 bits per heavy atom. The van der Waals surface area contributed by atoms with Crippen molar-refractivity contribution in [1.82, 2.24) is 4.98 Å². The van der Waals surface area contributed by atoms with Crippen LogP contribution in [0.25, 0.3) is 0 Å². The van der Waals surface area contributed by atoms with Crippen molar-refractivity contribution in [2.24, 2.45) is 10.7 Å². The van der Waals surface area contributed by atoms with Crippen LogP contribution in [0.5, 0.6) is 0 Å². The Hall–Kier alpha value is -1.88. The monoisotopic (exact) mass is 342 g/mol. The Morgan fingerprint density at radius 1 is 1.21 bits per heavy atom. The van der Waals surface area contributed by atoms with E-state index in [1.165, 1.54) is 46.0 Å². The van der Waals surface area contributed by atoms with Gasteiger partial charge in [-0.3, -0.25) is 4.99 Å². The molecule has 0 amide bonds. The van der Waals surface area contributed by atoms with E-state index in [0.29, 0.717) is 5.96 Å². The number of benzene rings is 1. The first-order valence-corrected chi connectivity index (χ1v) is 9.54. The van der Waals surface area contributed by atoms with Crippen molar-refractivity contribution in [3.05, 3.63) is 44.9 Å². The molecule has 0 unspecified atom stereocenters. The fourth-order valence-electron chi connectivity index (χ4n) is 3.18. The van der Waals surface area contributed by atoms with Crippen molar-refractivity contribution < 1.29 is 0 Å². The van der Waals surface area contributed by atoms with Gasteiger partial charge in [0.1, 0.15) is 0 Å². The molecule has 0 saturated carbocycles. The van der Waals surface area contributed by atoms with Crippen LogP contribution in [0.1, 0.15) is 46.0 Å². The van der Waals surface area contributed by atoms with Crippen LogP contribution in [0.3, 0.4) is 0 Å². The zero-order valence-electron chi connectivity index (χ0n) is 14.6. The van der Waals surface area contributed by atoms with Gasteiger partial charge in [0.2, 0.25) is 0 Å². The van der Waals surface area contributed by atoms with E-state index in [9.17, 15) is 0 Å². The highest BCUT2D eigenvalue weighted by molar-refractivity contribution is 7.11. The van der Waals surface area contributed by atoms with E-state index in [2.05, 4.69) is 42.4 Å². The van der Waals surface area contributed by atoms with Crippen LogP contribution in [-0.2, 0) is 19.3 Å². The minimum Gasteiger partial charge on any atom is -0.370 e. The fourth-order valence-corrected chi connectivity index (χ4v) is 4.38. The van der Waals surface area contributed by atoms with Gasteiger partial charge in [0.05, 0.1) is 10.7 Å². The number of aliphatic imine (C=N–C) groups is 1. The molecule has 5 heteroatoms. The molecule has 0 spiro atoms. The number of nitrogens with zero attached hydrogens (tertiary/aromatic N) is 2. The standard InChI is InChI=1S/C19H26N4S/c1-13-10-14(2)12-15(11-13)22-19(20)21-9-5-8-18-23-16-6-3-4-7-17(16)24-18/h10-12H,3-9H2,1-2H3,(H3,20,21,22). The highest BCUT2D eigenvalue weighted by Crippen LogP contribution is 2.27. The maximum Gasteiger partial charge on any atom is 0.193 e. The number of guanidine groups is 1. The van der Waals surface area contributed by atoms with Crippen molar-refractivity contribution in [2.45, 2.75) is 52.4 Å². The lowest BCUT2D eigenvalue weighted by molar-refractivity contribution is 0.679. The second-order valence-corrected chi connectivity index (χ2v) is 7.72. The first-order valence-electron chi connectivity index (χ1n) is 8.73. The zero-order chi connectivity index (χ0) is 16.9. The summed E-state index contributed by atoms with van der Waals surface area (Å²) in [7, 11) is 0. The smallest absolute Gasteiger partial charge is 0.193 e. The third kappa shape index (κ3) is 4.57.